The van der Waals surface area contributed by atoms with Crippen molar-refractivity contribution < 1.29 is 19.3 Å². The molecule has 7 heteroatoms. The molecule has 0 amide bonds. The van der Waals surface area contributed by atoms with Gasteiger partial charge in [0.15, 0.2) is 0 Å². The highest BCUT2D eigenvalue weighted by atomic mass is 35.5. The van der Waals surface area contributed by atoms with E-state index in [0.717, 1.165) is 0 Å². The van der Waals surface area contributed by atoms with Crippen LogP contribution in [0.5, 0.6) is 17.2 Å². The van der Waals surface area contributed by atoms with Gasteiger partial charge >= 0.3 is 0 Å². The second-order valence-electron chi connectivity index (χ2n) is 7.28. The molecule has 0 aliphatic heterocycles. The van der Waals surface area contributed by atoms with E-state index in [0.29, 0.717) is 40.8 Å². The lowest BCUT2D eigenvalue weighted by atomic mass is 10.2. The Bertz CT molecular complexity index is 828. The van der Waals surface area contributed by atoms with Gasteiger partial charge in [-0.15, -0.1) is 5.48 Å². The second-order valence-corrected chi connectivity index (χ2v) is 9.17. The molecule has 29 heavy (non-hydrogen) atoms. The van der Waals surface area contributed by atoms with E-state index in [1.165, 1.54) is 0 Å². The van der Waals surface area contributed by atoms with Crippen LogP contribution in [0.15, 0.2) is 30.3 Å². The number of halogens is 2. The number of hydrogen-bond acceptors (Lipinski definition) is 4. The van der Waals surface area contributed by atoms with Crippen molar-refractivity contribution >= 4 is 42.2 Å². The molecule has 0 fully saturated rings. The van der Waals surface area contributed by atoms with Gasteiger partial charge in [-0.05, 0) is 53.7 Å². The molecule has 0 atom stereocenters. The zero-order chi connectivity index (χ0) is 21.7. The van der Waals surface area contributed by atoms with Crippen LogP contribution in [0.3, 0.4) is 0 Å². The highest BCUT2D eigenvalue weighted by Gasteiger charge is 2.17. The fraction of sp³-hybridized carbons (Fsp3) is 0.409. The lowest BCUT2D eigenvalue weighted by Crippen LogP contribution is -2.22. The molecule has 0 bridgehead atoms. The molecule has 2 rings (SSSR count). The van der Waals surface area contributed by atoms with Gasteiger partial charge in [0.2, 0.25) is 0 Å². The Kier molecular flexibility index (Phi) is 8.66. The smallest absolute Gasteiger partial charge is 0.138 e. The maximum Gasteiger partial charge on any atom is 0.138 e. The van der Waals surface area contributed by atoms with Crippen molar-refractivity contribution in [2.45, 2.75) is 59.9 Å². The molecule has 0 aromatic heterocycles. The average molecular weight is 456 g/mol. The Morgan fingerprint density at radius 1 is 0.828 bits per heavy atom. The van der Waals surface area contributed by atoms with Gasteiger partial charge in [0.05, 0.1) is 23.6 Å². The Morgan fingerprint density at radius 3 is 1.69 bits per heavy atom. The van der Waals surface area contributed by atoms with Gasteiger partial charge in [-0.3, -0.25) is 0 Å². The van der Waals surface area contributed by atoms with Gasteiger partial charge < -0.3 is 19.3 Å². The molecule has 0 N–H and O–H groups in total. The van der Waals surface area contributed by atoms with Crippen molar-refractivity contribution in [3.63, 3.8) is 0 Å². The summed E-state index contributed by atoms with van der Waals surface area (Å²) < 4.78 is 17.9. The van der Waals surface area contributed by atoms with Crippen molar-refractivity contribution in [2.75, 3.05) is 0 Å². The Hall–Kier alpha value is -1.45. The van der Waals surface area contributed by atoms with Gasteiger partial charge in [-0.2, -0.15) is 0 Å². The molecule has 0 saturated carbocycles. The summed E-state index contributed by atoms with van der Waals surface area (Å²) in [6.07, 6.45) is -0.200. The van der Waals surface area contributed by atoms with Gasteiger partial charge in [0, 0.05) is 27.7 Å². The van der Waals surface area contributed by atoms with E-state index in [-0.39, 0.29) is 29.4 Å². The summed E-state index contributed by atoms with van der Waals surface area (Å²) >= 11 is 12.5. The first-order valence-corrected chi connectivity index (χ1v) is 11.1. The molecule has 0 aliphatic carbocycles. The fourth-order valence-corrected chi connectivity index (χ4v) is 4.27. The van der Waals surface area contributed by atoms with Crippen LogP contribution in [0, 0.1) is 0 Å². The summed E-state index contributed by atoms with van der Waals surface area (Å²) in [6, 6.07) is 8.57. The average Bonchev–Trinajstić information content (AvgIpc) is 2.56. The first-order chi connectivity index (χ1) is 13.6. The molecule has 4 nitrogen and oxygen atoms in total. The largest absolute Gasteiger partial charge is 0.823 e. The van der Waals surface area contributed by atoms with Crippen molar-refractivity contribution in [1.29, 1.82) is 0 Å². The molecule has 2 aromatic rings. The van der Waals surface area contributed by atoms with E-state index >= 15 is 0 Å². The number of benzene rings is 2. The summed E-state index contributed by atoms with van der Waals surface area (Å²) in [4.78, 5) is 0. The molecule has 0 unspecified atom stereocenters. The lowest BCUT2D eigenvalue weighted by molar-refractivity contribution is -0.207. The van der Waals surface area contributed by atoms with E-state index in [4.69, 9.17) is 37.4 Å². The van der Waals surface area contributed by atoms with Crippen molar-refractivity contribution in [1.82, 2.24) is 0 Å². The van der Waals surface area contributed by atoms with Crippen molar-refractivity contribution in [3.8, 4) is 17.2 Å². The Balaban J connectivity index is 2.68. The van der Waals surface area contributed by atoms with E-state index < -0.39 is 0 Å². The lowest BCUT2D eigenvalue weighted by Gasteiger charge is -2.22. The highest BCUT2D eigenvalue weighted by Crippen LogP contribution is 2.33. The van der Waals surface area contributed by atoms with Gasteiger partial charge in [0.1, 0.15) is 17.2 Å². The van der Waals surface area contributed by atoms with Crippen LogP contribution < -0.4 is 24.6 Å². The number of hydrogen-bond donors (Lipinski definition) is 0. The molecule has 0 aliphatic rings. The summed E-state index contributed by atoms with van der Waals surface area (Å²) in [5.74, 6) is 1.69. The standard InChI is InChI=1S/C22H27Cl2O4P/c1-12(2)26-15-10-18(27-13(3)4)21(19(11-15)28-14(5)6)29-22(25)20-16(23)8-7-9-17(20)24/h7-14,25H,1-6H3/p-1. The van der Waals surface area contributed by atoms with Crippen LogP contribution in [0.25, 0.3) is 0 Å². The molecule has 0 spiro atoms. The molecule has 0 heterocycles. The molecular weight excluding hydrogens is 430 g/mol. The van der Waals surface area contributed by atoms with E-state index in [2.05, 4.69) is 0 Å². The molecule has 158 valence electrons. The maximum absolute atomic E-state index is 13.1. The predicted molar refractivity (Wildman–Crippen MR) is 121 cm³/mol. The first-order valence-electron chi connectivity index (χ1n) is 9.46. The normalized spacial score (nSPS) is 12.1. The second kappa shape index (κ2) is 10.5. The van der Waals surface area contributed by atoms with Gasteiger partial charge in [-0.1, -0.05) is 37.5 Å². The Morgan fingerprint density at radius 2 is 1.28 bits per heavy atom. The molecule has 2 aromatic carbocycles. The predicted octanol–water partition coefficient (Wildman–Crippen LogP) is 5.47. The van der Waals surface area contributed by atoms with E-state index in [1.54, 1.807) is 30.3 Å². The molecule has 0 saturated heterocycles. The van der Waals surface area contributed by atoms with Crippen LogP contribution >= 0.6 is 31.4 Å². The monoisotopic (exact) mass is 455 g/mol. The molecule has 0 radical (unpaired) electrons. The zero-order valence-electron chi connectivity index (χ0n) is 17.5. The van der Waals surface area contributed by atoms with Crippen molar-refractivity contribution in [2.24, 2.45) is 0 Å². The number of ether oxygens (including phenoxy) is 3. The summed E-state index contributed by atoms with van der Waals surface area (Å²) in [6.45, 7) is 11.6. The summed E-state index contributed by atoms with van der Waals surface area (Å²) in [7, 11) is 0.350. The fourth-order valence-electron chi connectivity index (χ4n) is 2.56. The van der Waals surface area contributed by atoms with Crippen LogP contribution in [-0.4, -0.2) is 23.8 Å². The van der Waals surface area contributed by atoms with Crippen LogP contribution in [0.2, 0.25) is 10.0 Å². The van der Waals surface area contributed by atoms with E-state index in [9.17, 15) is 5.11 Å². The van der Waals surface area contributed by atoms with Crippen LogP contribution in [0.4, 0.5) is 0 Å². The third-order valence-corrected chi connectivity index (χ3v) is 5.22. The van der Waals surface area contributed by atoms with Crippen molar-refractivity contribution in [3.05, 3.63) is 45.9 Å². The SMILES string of the molecule is CC(C)Oc1cc(OC(C)C)c(P=C([O-])c2c(Cl)cccc2Cl)c(OC(C)C)c1. The summed E-state index contributed by atoms with van der Waals surface area (Å²) in [5, 5.41) is 14.3. The quantitative estimate of drug-likeness (QED) is 0.495. The summed E-state index contributed by atoms with van der Waals surface area (Å²) in [5.41, 5.74) is 0.0475. The number of rotatable bonds is 8. The third-order valence-electron chi connectivity index (χ3n) is 3.50. The maximum atomic E-state index is 13.1. The zero-order valence-corrected chi connectivity index (χ0v) is 19.9. The highest BCUT2D eigenvalue weighted by molar-refractivity contribution is 7.49. The van der Waals surface area contributed by atoms with Crippen LogP contribution in [-0.2, 0) is 0 Å². The minimum absolute atomic E-state index is 0.0132. The van der Waals surface area contributed by atoms with E-state index in [1.807, 2.05) is 41.5 Å². The minimum atomic E-state index is -0.236. The minimum Gasteiger partial charge on any atom is -0.823 e. The van der Waals surface area contributed by atoms with Gasteiger partial charge in [-0.25, -0.2) is 0 Å². The third kappa shape index (κ3) is 6.79. The van der Waals surface area contributed by atoms with Crippen LogP contribution in [0.1, 0.15) is 47.1 Å². The van der Waals surface area contributed by atoms with Gasteiger partial charge in [0.25, 0.3) is 0 Å². The topological polar surface area (TPSA) is 50.8 Å². The molecular formula is C22H26Cl2O4P-. The first kappa shape index (κ1) is 23.8. The Labute approximate surface area is 184 Å².